The SMILES string of the molecule is CCOC(=O)Cc1nnc(SCCCn2c(=O)[nH]c3ccccc32)n1C. The second-order valence-electron chi connectivity index (χ2n) is 5.74. The van der Waals surface area contributed by atoms with Crippen molar-refractivity contribution in [1.82, 2.24) is 24.3 Å². The lowest BCUT2D eigenvalue weighted by Crippen LogP contribution is -2.17. The van der Waals surface area contributed by atoms with Crippen molar-refractivity contribution in [3.63, 3.8) is 0 Å². The first-order chi connectivity index (χ1) is 12.6. The fourth-order valence-electron chi connectivity index (χ4n) is 2.68. The molecular formula is C17H21N5O3S. The Kier molecular flexibility index (Phi) is 5.77. The third-order valence-electron chi connectivity index (χ3n) is 3.97. The summed E-state index contributed by atoms with van der Waals surface area (Å²) >= 11 is 1.55. The molecule has 0 saturated carbocycles. The van der Waals surface area contributed by atoms with Crippen molar-refractivity contribution in [3.8, 4) is 0 Å². The average Bonchev–Trinajstić information content (AvgIpc) is 3.12. The Morgan fingerprint density at radius 3 is 2.92 bits per heavy atom. The van der Waals surface area contributed by atoms with E-state index in [1.54, 1.807) is 27.8 Å². The molecule has 0 fully saturated rings. The highest BCUT2D eigenvalue weighted by Crippen LogP contribution is 2.18. The molecule has 0 aliphatic heterocycles. The quantitative estimate of drug-likeness (QED) is 0.366. The van der Waals surface area contributed by atoms with Gasteiger partial charge in [0.2, 0.25) is 0 Å². The average molecular weight is 375 g/mol. The van der Waals surface area contributed by atoms with Gasteiger partial charge in [-0.1, -0.05) is 23.9 Å². The summed E-state index contributed by atoms with van der Waals surface area (Å²) in [4.78, 5) is 26.5. The van der Waals surface area contributed by atoms with Crippen molar-refractivity contribution in [2.75, 3.05) is 12.4 Å². The van der Waals surface area contributed by atoms with Crippen LogP contribution in [-0.4, -0.2) is 42.6 Å². The number of aromatic nitrogens is 5. The number of hydrogen-bond acceptors (Lipinski definition) is 6. The summed E-state index contributed by atoms with van der Waals surface area (Å²) < 4.78 is 8.49. The molecule has 0 radical (unpaired) electrons. The zero-order chi connectivity index (χ0) is 18.5. The van der Waals surface area contributed by atoms with Gasteiger partial charge in [0.1, 0.15) is 12.2 Å². The molecule has 1 N–H and O–H groups in total. The number of fused-ring (bicyclic) bond motifs is 1. The number of rotatable bonds is 8. The number of nitrogens with one attached hydrogen (secondary N) is 1. The molecule has 0 amide bonds. The second-order valence-corrected chi connectivity index (χ2v) is 6.80. The Morgan fingerprint density at radius 2 is 2.12 bits per heavy atom. The van der Waals surface area contributed by atoms with Crippen LogP contribution in [0.15, 0.2) is 34.2 Å². The Balaban J connectivity index is 1.55. The third kappa shape index (κ3) is 3.98. The van der Waals surface area contributed by atoms with Gasteiger partial charge in [0, 0.05) is 19.3 Å². The van der Waals surface area contributed by atoms with E-state index >= 15 is 0 Å². The first-order valence-electron chi connectivity index (χ1n) is 8.44. The van der Waals surface area contributed by atoms with Crippen LogP contribution in [0.25, 0.3) is 11.0 Å². The molecule has 0 saturated heterocycles. The highest BCUT2D eigenvalue weighted by Gasteiger charge is 2.13. The van der Waals surface area contributed by atoms with Crippen molar-refractivity contribution in [1.29, 1.82) is 0 Å². The molecule has 1 aromatic carbocycles. The standard InChI is InChI=1S/C17H21N5O3S/c1-3-25-15(23)11-14-19-20-17(21(14)2)26-10-6-9-22-13-8-5-4-7-12(13)18-16(22)24/h4-5,7-8H,3,6,9-11H2,1-2H3,(H,18,24). The Labute approximate surface area is 154 Å². The lowest BCUT2D eigenvalue weighted by atomic mass is 10.3. The zero-order valence-corrected chi connectivity index (χ0v) is 15.6. The van der Waals surface area contributed by atoms with Crippen molar-refractivity contribution in [2.24, 2.45) is 7.05 Å². The number of para-hydroxylation sites is 2. The number of esters is 1. The lowest BCUT2D eigenvalue weighted by Gasteiger charge is -2.05. The maximum Gasteiger partial charge on any atom is 0.326 e. The number of imidazole rings is 1. The van der Waals surface area contributed by atoms with E-state index in [-0.39, 0.29) is 18.1 Å². The Bertz CT molecular complexity index is 959. The molecule has 3 aromatic rings. The minimum absolute atomic E-state index is 0.0911. The number of H-pyrrole nitrogens is 1. The van der Waals surface area contributed by atoms with Gasteiger partial charge in [-0.25, -0.2) is 4.79 Å². The third-order valence-corrected chi connectivity index (χ3v) is 5.08. The Morgan fingerprint density at radius 1 is 1.31 bits per heavy atom. The lowest BCUT2D eigenvalue weighted by molar-refractivity contribution is -0.142. The summed E-state index contributed by atoms with van der Waals surface area (Å²) in [6, 6.07) is 7.66. The smallest absolute Gasteiger partial charge is 0.326 e. The number of carbonyl (C=O) groups is 1. The molecule has 0 unspecified atom stereocenters. The molecule has 3 rings (SSSR count). The van der Waals surface area contributed by atoms with Gasteiger partial charge in [0.15, 0.2) is 5.16 Å². The first kappa shape index (κ1) is 18.2. The van der Waals surface area contributed by atoms with E-state index in [2.05, 4.69) is 15.2 Å². The summed E-state index contributed by atoms with van der Waals surface area (Å²) in [7, 11) is 1.83. The van der Waals surface area contributed by atoms with Crippen LogP contribution < -0.4 is 5.69 Å². The van der Waals surface area contributed by atoms with Crippen LogP contribution >= 0.6 is 11.8 Å². The van der Waals surface area contributed by atoms with Gasteiger partial charge in [-0.05, 0) is 25.5 Å². The van der Waals surface area contributed by atoms with E-state index in [0.29, 0.717) is 19.0 Å². The monoisotopic (exact) mass is 375 g/mol. The van der Waals surface area contributed by atoms with Crippen LogP contribution in [0.5, 0.6) is 0 Å². The molecule has 0 atom stereocenters. The number of nitrogens with zero attached hydrogens (tertiary/aromatic N) is 4. The largest absolute Gasteiger partial charge is 0.466 e. The summed E-state index contributed by atoms with van der Waals surface area (Å²) in [6.07, 6.45) is 0.926. The van der Waals surface area contributed by atoms with Crippen LogP contribution in [0, 0.1) is 0 Å². The van der Waals surface area contributed by atoms with Crippen LogP contribution in [0.2, 0.25) is 0 Å². The fraction of sp³-hybridized carbons (Fsp3) is 0.412. The highest BCUT2D eigenvalue weighted by molar-refractivity contribution is 7.99. The molecule has 0 aliphatic rings. The number of ether oxygens (including phenoxy) is 1. The molecule has 138 valence electrons. The maximum atomic E-state index is 12.0. The van der Waals surface area contributed by atoms with Gasteiger partial charge < -0.3 is 14.3 Å². The van der Waals surface area contributed by atoms with E-state index in [1.807, 2.05) is 31.3 Å². The minimum atomic E-state index is -0.307. The Hall–Kier alpha value is -2.55. The summed E-state index contributed by atoms with van der Waals surface area (Å²) in [5, 5.41) is 8.92. The van der Waals surface area contributed by atoms with Crippen molar-refractivity contribution in [2.45, 2.75) is 31.5 Å². The van der Waals surface area contributed by atoms with Gasteiger partial charge in [-0.2, -0.15) is 0 Å². The summed E-state index contributed by atoms with van der Waals surface area (Å²) in [5.41, 5.74) is 1.67. The molecule has 2 heterocycles. The van der Waals surface area contributed by atoms with E-state index < -0.39 is 0 Å². The number of hydrogen-bond donors (Lipinski definition) is 1. The zero-order valence-electron chi connectivity index (χ0n) is 14.8. The predicted molar refractivity (Wildman–Crippen MR) is 99.2 cm³/mol. The number of carbonyl (C=O) groups excluding carboxylic acids is 1. The molecule has 0 bridgehead atoms. The molecule has 2 aromatic heterocycles. The first-order valence-corrected chi connectivity index (χ1v) is 9.43. The van der Waals surface area contributed by atoms with Gasteiger partial charge in [-0.15, -0.1) is 10.2 Å². The van der Waals surface area contributed by atoms with Crippen molar-refractivity contribution >= 4 is 28.8 Å². The van der Waals surface area contributed by atoms with Crippen LogP contribution in [0.3, 0.4) is 0 Å². The molecule has 8 nitrogen and oxygen atoms in total. The van der Waals surface area contributed by atoms with Crippen LogP contribution in [0.1, 0.15) is 19.2 Å². The number of benzene rings is 1. The van der Waals surface area contributed by atoms with Crippen LogP contribution in [-0.2, 0) is 29.5 Å². The van der Waals surface area contributed by atoms with Crippen molar-refractivity contribution < 1.29 is 9.53 Å². The normalized spacial score (nSPS) is 11.2. The van der Waals surface area contributed by atoms with Crippen LogP contribution in [0.4, 0.5) is 0 Å². The van der Waals surface area contributed by atoms with E-state index in [1.165, 1.54) is 0 Å². The number of aromatic amines is 1. The molecule has 9 heteroatoms. The van der Waals surface area contributed by atoms with Crippen molar-refractivity contribution in [3.05, 3.63) is 40.6 Å². The van der Waals surface area contributed by atoms with E-state index in [4.69, 9.17) is 4.74 Å². The predicted octanol–water partition coefficient (Wildman–Crippen LogP) is 1.75. The molecule has 0 aliphatic carbocycles. The minimum Gasteiger partial charge on any atom is -0.466 e. The fourth-order valence-corrected chi connectivity index (χ4v) is 3.53. The highest BCUT2D eigenvalue weighted by atomic mass is 32.2. The van der Waals surface area contributed by atoms with E-state index in [0.717, 1.165) is 28.4 Å². The molecular weight excluding hydrogens is 354 g/mol. The van der Waals surface area contributed by atoms with Gasteiger partial charge >= 0.3 is 11.7 Å². The van der Waals surface area contributed by atoms with Gasteiger partial charge in [0.25, 0.3) is 0 Å². The maximum absolute atomic E-state index is 12.0. The molecule has 0 spiro atoms. The topological polar surface area (TPSA) is 94.8 Å². The number of thioether (sulfide) groups is 1. The number of aryl methyl sites for hydroxylation is 1. The summed E-state index contributed by atoms with van der Waals surface area (Å²) in [6.45, 7) is 2.75. The molecule has 26 heavy (non-hydrogen) atoms. The van der Waals surface area contributed by atoms with Gasteiger partial charge in [-0.3, -0.25) is 9.36 Å². The van der Waals surface area contributed by atoms with Gasteiger partial charge in [0.05, 0.1) is 17.6 Å². The summed E-state index contributed by atoms with van der Waals surface area (Å²) in [5.74, 6) is 1.06. The van der Waals surface area contributed by atoms with E-state index in [9.17, 15) is 9.59 Å². The second kappa shape index (κ2) is 8.22.